The molecule has 0 unspecified atom stereocenters. The summed E-state index contributed by atoms with van der Waals surface area (Å²) in [6, 6.07) is 0. The molecule has 0 aliphatic heterocycles. The van der Waals surface area contributed by atoms with Gasteiger partial charge in [0.05, 0.1) is 25.6 Å². The van der Waals surface area contributed by atoms with E-state index in [2.05, 4.69) is 9.72 Å². The predicted octanol–water partition coefficient (Wildman–Crippen LogP) is 0.940. The maximum atomic E-state index is 12.1. The molecule has 8 heteroatoms. The van der Waals surface area contributed by atoms with Gasteiger partial charge in [-0.2, -0.15) is 0 Å². The zero-order chi connectivity index (χ0) is 13.1. The van der Waals surface area contributed by atoms with Crippen molar-refractivity contribution >= 4 is 0 Å². The summed E-state index contributed by atoms with van der Waals surface area (Å²) in [5.74, 6) is -0.762. The van der Waals surface area contributed by atoms with Gasteiger partial charge in [-0.1, -0.05) is 0 Å². The Bertz CT molecular complexity index is 396. The number of pyridine rings is 1. The van der Waals surface area contributed by atoms with Gasteiger partial charge in [0, 0.05) is 12.1 Å². The largest absolute Gasteiger partial charge is 0.573 e. The fourth-order valence-electron chi connectivity index (χ4n) is 1.32. The summed E-state index contributed by atoms with van der Waals surface area (Å²) < 4.78 is 44.8. The highest BCUT2D eigenvalue weighted by Gasteiger charge is 2.33. The van der Waals surface area contributed by atoms with Crippen LogP contribution in [0.15, 0.2) is 6.20 Å². The Morgan fingerprint density at radius 1 is 1.47 bits per heavy atom. The van der Waals surface area contributed by atoms with Gasteiger partial charge >= 0.3 is 6.36 Å². The van der Waals surface area contributed by atoms with E-state index in [1.165, 1.54) is 7.11 Å². The number of aliphatic hydroxyl groups is 1. The summed E-state index contributed by atoms with van der Waals surface area (Å²) in [4.78, 5) is 3.63. The highest BCUT2D eigenvalue weighted by atomic mass is 19.4. The minimum Gasteiger partial charge on any atom is -0.492 e. The molecular weight excluding hydrogens is 241 g/mol. The van der Waals surface area contributed by atoms with Gasteiger partial charge in [-0.3, -0.25) is 4.98 Å². The smallest absolute Gasteiger partial charge is 0.492 e. The fraction of sp³-hybridized carbons (Fsp3) is 0.444. The number of ether oxygens (including phenoxy) is 2. The molecule has 17 heavy (non-hydrogen) atoms. The van der Waals surface area contributed by atoms with Crippen molar-refractivity contribution in [1.29, 1.82) is 0 Å². The van der Waals surface area contributed by atoms with Crippen molar-refractivity contribution in [2.24, 2.45) is 5.73 Å². The van der Waals surface area contributed by atoms with Gasteiger partial charge in [-0.25, -0.2) is 0 Å². The van der Waals surface area contributed by atoms with Crippen molar-refractivity contribution < 1.29 is 27.8 Å². The average Bonchev–Trinajstić information content (AvgIpc) is 2.26. The number of halogens is 3. The van der Waals surface area contributed by atoms with Gasteiger partial charge in [-0.05, 0) is 0 Å². The van der Waals surface area contributed by atoms with Crippen LogP contribution in [0.3, 0.4) is 0 Å². The second-order valence-corrected chi connectivity index (χ2v) is 2.99. The lowest BCUT2D eigenvalue weighted by Gasteiger charge is -2.16. The summed E-state index contributed by atoms with van der Waals surface area (Å²) in [7, 11) is 1.18. The fourth-order valence-corrected chi connectivity index (χ4v) is 1.32. The van der Waals surface area contributed by atoms with Gasteiger partial charge in [0.15, 0.2) is 11.5 Å². The Morgan fingerprint density at radius 3 is 2.53 bits per heavy atom. The Hall–Kier alpha value is -1.54. The number of hydrogen-bond acceptors (Lipinski definition) is 5. The standard InChI is InChI=1S/C9H11F3N2O3/c1-16-8-5(2-13)6(4-15)14-3-7(8)17-9(10,11)12/h3,15H,2,4,13H2,1H3. The molecule has 96 valence electrons. The van der Waals surface area contributed by atoms with E-state index in [0.717, 1.165) is 6.20 Å². The molecule has 0 saturated carbocycles. The monoisotopic (exact) mass is 252 g/mol. The molecule has 0 atom stereocenters. The first-order valence-electron chi connectivity index (χ1n) is 4.54. The van der Waals surface area contributed by atoms with Crippen LogP contribution in [0.2, 0.25) is 0 Å². The number of hydrogen-bond donors (Lipinski definition) is 2. The molecule has 0 amide bonds. The topological polar surface area (TPSA) is 77.6 Å². The normalized spacial score (nSPS) is 11.4. The molecule has 0 spiro atoms. The number of aromatic nitrogens is 1. The summed E-state index contributed by atoms with van der Waals surface area (Å²) in [6.45, 7) is -0.573. The van der Waals surface area contributed by atoms with Crippen LogP contribution >= 0.6 is 0 Å². The van der Waals surface area contributed by atoms with Crippen LogP contribution < -0.4 is 15.2 Å². The number of nitrogens with zero attached hydrogens (tertiary/aromatic N) is 1. The molecule has 5 nitrogen and oxygen atoms in total. The first kappa shape index (κ1) is 13.5. The molecule has 1 rings (SSSR count). The zero-order valence-corrected chi connectivity index (χ0v) is 8.91. The third-order valence-corrected chi connectivity index (χ3v) is 1.97. The Labute approximate surface area is 95.0 Å². The van der Waals surface area contributed by atoms with Crippen LogP contribution in [0.5, 0.6) is 11.5 Å². The van der Waals surface area contributed by atoms with Crippen LogP contribution in [0, 0.1) is 0 Å². The van der Waals surface area contributed by atoms with Gasteiger partial charge in [0.25, 0.3) is 0 Å². The average molecular weight is 252 g/mol. The summed E-state index contributed by atoms with van der Waals surface area (Å²) in [5, 5.41) is 8.96. The van der Waals surface area contributed by atoms with E-state index < -0.39 is 18.7 Å². The first-order valence-corrected chi connectivity index (χ1v) is 4.54. The number of rotatable bonds is 4. The zero-order valence-electron chi connectivity index (χ0n) is 8.91. The van der Waals surface area contributed by atoms with Gasteiger partial charge in [0.2, 0.25) is 0 Å². The highest BCUT2D eigenvalue weighted by molar-refractivity contribution is 5.47. The van der Waals surface area contributed by atoms with E-state index >= 15 is 0 Å². The molecule has 3 N–H and O–H groups in total. The Balaban J connectivity index is 3.23. The Kier molecular flexibility index (Phi) is 4.13. The number of nitrogens with two attached hydrogens (primary N) is 1. The van der Waals surface area contributed by atoms with Gasteiger partial charge < -0.3 is 20.3 Å². The van der Waals surface area contributed by atoms with E-state index in [4.69, 9.17) is 15.6 Å². The number of alkyl halides is 3. The van der Waals surface area contributed by atoms with E-state index in [9.17, 15) is 13.2 Å². The molecular formula is C9H11F3N2O3. The molecule has 0 fully saturated rings. The maximum absolute atomic E-state index is 12.1. The molecule has 1 aromatic rings. The summed E-state index contributed by atoms with van der Waals surface area (Å²) >= 11 is 0. The highest BCUT2D eigenvalue weighted by Crippen LogP contribution is 2.35. The molecule has 0 aliphatic rings. The van der Waals surface area contributed by atoms with Crippen molar-refractivity contribution in [3.8, 4) is 11.5 Å². The van der Waals surface area contributed by atoms with Gasteiger partial charge in [0.1, 0.15) is 0 Å². The van der Waals surface area contributed by atoms with Crippen LogP contribution in [0.4, 0.5) is 13.2 Å². The van der Waals surface area contributed by atoms with Crippen LogP contribution in [0.1, 0.15) is 11.3 Å². The summed E-state index contributed by atoms with van der Waals surface area (Å²) in [6.07, 6.45) is -4.02. The van der Waals surface area contributed by atoms with Crippen molar-refractivity contribution in [2.45, 2.75) is 19.5 Å². The van der Waals surface area contributed by atoms with E-state index in [1.807, 2.05) is 0 Å². The number of methoxy groups -OCH3 is 1. The van der Waals surface area contributed by atoms with E-state index in [1.54, 1.807) is 0 Å². The van der Waals surface area contributed by atoms with Crippen molar-refractivity contribution in [1.82, 2.24) is 4.98 Å². The van der Waals surface area contributed by atoms with E-state index in [0.29, 0.717) is 0 Å². The maximum Gasteiger partial charge on any atom is 0.573 e. The lowest BCUT2D eigenvalue weighted by Crippen LogP contribution is -2.19. The molecule has 1 aromatic heterocycles. The minimum absolute atomic E-state index is 0.124. The van der Waals surface area contributed by atoms with Crippen molar-refractivity contribution in [3.05, 3.63) is 17.5 Å². The molecule has 1 heterocycles. The second-order valence-electron chi connectivity index (χ2n) is 2.99. The second kappa shape index (κ2) is 5.19. The molecule has 0 aliphatic carbocycles. The SMILES string of the molecule is COc1c(OC(F)(F)F)cnc(CO)c1CN. The third-order valence-electron chi connectivity index (χ3n) is 1.97. The molecule has 0 bridgehead atoms. The van der Waals surface area contributed by atoms with Crippen molar-refractivity contribution in [2.75, 3.05) is 7.11 Å². The molecule has 0 aromatic carbocycles. The van der Waals surface area contributed by atoms with Gasteiger partial charge in [-0.15, -0.1) is 13.2 Å². The lowest BCUT2D eigenvalue weighted by molar-refractivity contribution is -0.275. The van der Waals surface area contributed by atoms with Crippen LogP contribution in [-0.4, -0.2) is 23.6 Å². The summed E-state index contributed by atoms with van der Waals surface area (Å²) in [5.41, 5.74) is 5.70. The molecule has 0 radical (unpaired) electrons. The number of aliphatic hydroxyl groups excluding tert-OH is 1. The van der Waals surface area contributed by atoms with Crippen molar-refractivity contribution in [3.63, 3.8) is 0 Å². The molecule has 0 saturated heterocycles. The Morgan fingerprint density at radius 2 is 2.12 bits per heavy atom. The predicted molar refractivity (Wildman–Crippen MR) is 51.3 cm³/mol. The lowest BCUT2D eigenvalue weighted by atomic mass is 10.1. The quantitative estimate of drug-likeness (QED) is 0.833. The van der Waals surface area contributed by atoms with Crippen LogP contribution in [-0.2, 0) is 13.2 Å². The first-order chi connectivity index (χ1) is 7.92. The van der Waals surface area contributed by atoms with Crippen LogP contribution in [0.25, 0.3) is 0 Å². The van der Waals surface area contributed by atoms with E-state index in [-0.39, 0.29) is 23.6 Å². The third kappa shape index (κ3) is 3.21. The minimum atomic E-state index is -4.85.